The van der Waals surface area contributed by atoms with Crippen LogP contribution in [0.3, 0.4) is 0 Å². The lowest BCUT2D eigenvalue weighted by Crippen LogP contribution is -2.14. The Labute approximate surface area is 247 Å². The molecule has 2 N–H and O–H groups in total. The van der Waals surface area contributed by atoms with Gasteiger partial charge in [0.05, 0.1) is 23.5 Å². The van der Waals surface area contributed by atoms with Crippen LogP contribution in [0, 0.1) is 0 Å². The highest BCUT2D eigenvalue weighted by Crippen LogP contribution is 2.34. The molecule has 0 bridgehead atoms. The first kappa shape index (κ1) is 26.1. The number of carbonyl (C=O) groups is 1. The molecule has 0 atom stereocenters. The Morgan fingerprint density at radius 1 is 0.929 bits per heavy atom. The normalized spacial score (nSPS) is 12.9. The second kappa shape index (κ2) is 11.2. The minimum atomic E-state index is -0.0506. The van der Waals surface area contributed by atoms with Crippen LogP contribution in [0.4, 0.5) is 17.3 Å². The SMILES string of the molecule is CCN1Cc2ccc(Nc3nccc(-c4c(-c5cccc(NC(=O)Cc6cccs6)c5)nc5ccccn45)n3)cc2C1. The van der Waals surface area contributed by atoms with E-state index in [1.54, 1.807) is 17.5 Å². The number of imidazole rings is 1. The van der Waals surface area contributed by atoms with Crippen LogP contribution in [0.25, 0.3) is 28.3 Å². The van der Waals surface area contributed by atoms with Crippen LogP contribution >= 0.6 is 11.3 Å². The molecular formula is C33H29N7OS. The molecule has 0 spiro atoms. The van der Waals surface area contributed by atoms with Crippen molar-refractivity contribution < 1.29 is 4.79 Å². The van der Waals surface area contributed by atoms with Crippen LogP contribution in [0.2, 0.25) is 0 Å². The Morgan fingerprint density at radius 3 is 2.74 bits per heavy atom. The number of benzene rings is 2. The van der Waals surface area contributed by atoms with E-state index in [0.717, 1.165) is 64.2 Å². The summed E-state index contributed by atoms with van der Waals surface area (Å²) in [5.74, 6) is 0.467. The summed E-state index contributed by atoms with van der Waals surface area (Å²) in [7, 11) is 0. The van der Waals surface area contributed by atoms with Crippen LogP contribution in [0.5, 0.6) is 0 Å². The van der Waals surface area contributed by atoms with Gasteiger partial charge in [-0.1, -0.05) is 37.3 Å². The molecule has 2 aromatic carbocycles. The predicted molar refractivity (Wildman–Crippen MR) is 168 cm³/mol. The zero-order valence-corrected chi connectivity index (χ0v) is 23.9. The van der Waals surface area contributed by atoms with E-state index in [2.05, 4.69) is 45.6 Å². The van der Waals surface area contributed by atoms with Crippen molar-refractivity contribution in [3.8, 4) is 22.6 Å². The first-order valence-electron chi connectivity index (χ1n) is 14.0. The average molecular weight is 572 g/mol. The molecule has 42 heavy (non-hydrogen) atoms. The molecule has 4 aromatic heterocycles. The molecule has 5 heterocycles. The van der Waals surface area contributed by atoms with Gasteiger partial charge in [-0.15, -0.1) is 11.3 Å². The minimum absolute atomic E-state index is 0.0506. The summed E-state index contributed by atoms with van der Waals surface area (Å²) in [5, 5.41) is 8.43. The van der Waals surface area contributed by atoms with Gasteiger partial charge in [-0.2, -0.15) is 0 Å². The average Bonchev–Trinajstić information content (AvgIpc) is 3.75. The lowest BCUT2D eigenvalue weighted by molar-refractivity contribution is -0.115. The van der Waals surface area contributed by atoms with Crippen LogP contribution < -0.4 is 10.6 Å². The van der Waals surface area contributed by atoms with Crippen LogP contribution in [-0.4, -0.2) is 36.7 Å². The second-order valence-corrected chi connectivity index (χ2v) is 11.3. The van der Waals surface area contributed by atoms with Gasteiger partial charge in [0, 0.05) is 47.3 Å². The largest absolute Gasteiger partial charge is 0.326 e. The van der Waals surface area contributed by atoms with Gasteiger partial charge in [-0.3, -0.25) is 14.1 Å². The fourth-order valence-corrected chi connectivity index (χ4v) is 6.11. The topological polar surface area (TPSA) is 87.5 Å². The van der Waals surface area contributed by atoms with Gasteiger partial charge in [0.1, 0.15) is 5.65 Å². The zero-order valence-electron chi connectivity index (χ0n) is 23.1. The summed E-state index contributed by atoms with van der Waals surface area (Å²) < 4.78 is 2.04. The number of hydrogen-bond donors (Lipinski definition) is 2. The third-order valence-corrected chi connectivity index (χ3v) is 8.34. The molecule has 0 saturated carbocycles. The molecule has 0 fully saturated rings. The molecule has 0 unspecified atom stereocenters. The van der Waals surface area contributed by atoms with Crippen LogP contribution in [0.15, 0.2) is 96.6 Å². The first-order valence-corrected chi connectivity index (χ1v) is 14.9. The van der Waals surface area contributed by atoms with Crippen molar-refractivity contribution in [2.24, 2.45) is 0 Å². The number of carbonyl (C=O) groups excluding carboxylic acids is 1. The maximum Gasteiger partial charge on any atom is 0.229 e. The maximum absolute atomic E-state index is 12.7. The summed E-state index contributed by atoms with van der Waals surface area (Å²) in [6.45, 7) is 5.18. The maximum atomic E-state index is 12.7. The molecule has 0 aliphatic carbocycles. The lowest BCUT2D eigenvalue weighted by atomic mass is 10.1. The molecule has 208 valence electrons. The summed E-state index contributed by atoms with van der Waals surface area (Å²) in [6.07, 6.45) is 4.10. The smallest absolute Gasteiger partial charge is 0.229 e. The Kier molecular flexibility index (Phi) is 6.95. The number of thiophene rings is 1. The van der Waals surface area contributed by atoms with Crippen LogP contribution in [-0.2, 0) is 24.3 Å². The molecule has 1 amide bonds. The van der Waals surface area contributed by atoms with E-state index < -0.39 is 0 Å². The van der Waals surface area contributed by atoms with Gasteiger partial charge in [0.2, 0.25) is 11.9 Å². The number of nitrogens with zero attached hydrogens (tertiary/aromatic N) is 5. The molecule has 1 aliphatic heterocycles. The van der Waals surface area contributed by atoms with Gasteiger partial charge in [-0.05, 0) is 71.6 Å². The monoisotopic (exact) mass is 571 g/mol. The van der Waals surface area contributed by atoms with Gasteiger partial charge in [-0.25, -0.2) is 15.0 Å². The Morgan fingerprint density at radius 2 is 1.86 bits per heavy atom. The van der Waals surface area contributed by atoms with Crippen molar-refractivity contribution in [1.82, 2.24) is 24.3 Å². The third-order valence-electron chi connectivity index (χ3n) is 7.46. The van der Waals surface area contributed by atoms with Crippen LogP contribution in [0.1, 0.15) is 22.9 Å². The van der Waals surface area contributed by atoms with E-state index in [1.165, 1.54) is 11.1 Å². The lowest BCUT2D eigenvalue weighted by Gasteiger charge is -2.10. The Balaban J connectivity index is 1.21. The molecule has 9 heteroatoms. The summed E-state index contributed by atoms with van der Waals surface area (Å²) in [5.41, 5.74) is 8.46. The van der Waals surface area contributed by atoms with Crippen molar-refractivity contribution >= 4 is 40.2 Å². The minimum Gasteiger partial charge on any atom is -0.326 e. The summed E-state index contributed by atoms with van der Waals surface area (Å²) >= 11 is 1.58. The number of fused-ring (bicyclic) bond motifs is 2. The van der Waals surface area contributed by atoms with E-state index in [-0.39, 0.29) is 5.91 Å². The third kappa shape index (κ3) is 5.27. The highest BCUT2D eigenvalue weighted by Gasteiger charge is 2.20. The second-order valence-electron chi connectivity index (χ2n) is 10.3. The van der Waals surface area contributed by atoms with Crippen molar-refractivity contribution in [1.29, 1.82) is 0 Å². The number of nitrogens with one attached hydrogen (secondary N) is 2. The number of amides is 1. The molecule has 0 radical (unpaired) electrons. The quantitative estimate of drug-likeness (QED) is 0.209. The number of pyridine rings is 1. The summed E-state index contributed by atoms with van der Waals surface area (Å²) in [4.78, 5) is 30.6. The highest BCUT2D eigenvalue weighted by atomic mass is 32.1. The van der Waals surface area contributed by atoms with Gasteiger partial charge >= 0.3 is 0 Å². The first-order chi connectivity index (χ1) is 20.6. The number of aromatic nitrogens is 4. The molecule has 8 nitrogen and oxygen atoms in total. The van der Waals surface area contributed by atoms with Crippen molar-refractivity contribution in [2.75, 3.05) is 17.2 Å². The standard InChI is InChI=1S/C33H29N7OS/c1-2-39-20-23-11-12-26(18-24(23)21-39)36-33-34-14-13-28(37-33)32-31(38-29-10-3-4-15-40(29)32)22-7-5-8-25(17-22)35-30(41)19-27-9-6-16-42-27/h3-18H,2,19-21H2,1H3,(H,35,41)(H,34,36,37). The number of rotatable bonds is 8. The van der Waals surface area contributed by atoms with E-state index >= 15 is 0 Å². The van der Waals surface area contributed by atoms with Crippen molar-refractivity contribution in [3.05, 3.63) is 113 Å². The fourth-order valence-electron chi connectivity index (χ4n) is 5.41. The number of anilines is 3. The number of hydrogen-bond acceptors (Lipinski definition) is 7. The van der Waals surface area contributed by atoms with Gasteiger partial charge < -0.3 is 10.6 Å². The fraction of sp³-hybridized carbons (Fsp3) is 0.152. The molecule has 6 aromatic rings. The van der Waals surface area contributed by atoms with Gasteiger partial charge in [0.15, 0.2) is 0 Å². The molecular weight excluding hydrogens is 542 g/mol. The molecule has 7 rings (SSSR count). The zero-order chi connectivity index (χ0) is 28.5. The van der Waals surface area contributed by atoms with Gasteiger partial charge in [0.25, 0.3) is 0 Å². The Hall–Kier alpha value is -4.86. The molecule has 0 saturated heterocycles. The van der Waals surface area contributed by atoms with Crippen molar-refractivity contribution in [3.63, 3.8) is 0 Å². The summed E-state index contributed by atoms with van der Waals surface area (Å²) in [6, 6.07) is 26.0. The highest BCUT2D eigenvalue weighted by molar-refractivity contribution is 7.10. The predicted octanol–water partition coefficient (Wildman–Crippen LogP) is 6.78. The molecule has 1 aliphatic rings. The van der Waals surface area contributed by atoms with E-state index in [0.29, 0.717) is 12.4 Å². The van der Waals surface area contributed by atoms with Crippen molar-refractivity contribution in [2.45, 2.75) is 26.4 Å². The van der Waals surface area contributed by atoms with E-state index in [4.69, 9.17) is 9.97 Å². The van der Waals surface area contributed by atoms with E-state index in [9.17, 15) is 4.79 Å². The van der Waals surface area contributed by atoms with E-state index in [1.807, 2.05) is 76.6 Å². The Bertz CT molecular complexity index is 1900.